The second-order valence-electron chi connectivity index (χ2n) is 9.14. The number of hydrogen-bond acceptors (Lipinski definition) is 7. The zero-order chi connectivity index (χ0) is 30.0. The number of benzene rings is 3. The molecule has 3 aromatic carbocycles. The number of carbonyl (C=O) groups excluding carboxylic acids is 2. The third-order valence-corrected chi connectivity index (χ3v) is 8.18. The Balaban J connectivity index is 1.47. The van der Waals surface area contributed by atoms with Gasteiger partial charge in [0.05, 0.1) is 17.7 Å². The number of carbonyl (C=O) groups is 2. The van der Waals surface area contributed by atoms with Gasteiger partial charge >= 0.3 is 5.97 Å². The number of amides is 1. The average Bonchev–Trinajstić information content (AvgIpc) is 3.35. The van der Waals surface area contributed by atoms with Crippen LogP contribution in [0.3, 0.4) is 0 Å². The molecule has 2 heterocycles. The predicted molar refractivity (Wildman–Crippen MR) is 163 cm³/mol. The molecule has 8 nitrogen and oxygen atoms in total. The third kappa shape index (κ3) is 6.27. The monoisotopic (exact) mass is 645 g/mol. The lowest BCUT2D eigenvalue weighted by molar-refractivity contribution is -0.113. The number of allylic oxidation sites excluding steroid dienone is 1. The van der Waals surface area contributed by atoms with Crippen molar-refractivity contribution in [2.45, 2.75) is 30.8 Å². The van der Waals surface area contributed by atoms with Crippen LogP contribution in [0.1, 0.15) is 41.4 Å². The van der Waals surface area contributed by atoms with E-state index >= 15 is 0 Å². The van der Waals surface area contributed by atoms with Crippen LogP contribution in [-0.4, -0.2) is 33.2 Å². The van der Waals surface area contributed by atoms with Gasteiger partial charge in [-0.15, -0.1) is 5.10 Å². The number of thioether (sulfide) groups is 1. The zero-order valence-electron chi connectivity index (χ0n) is 22.3. The molecule has 1 atom stereocenters. The number of rotatable bonds is 8. The van der Waals surface area contributed by atoms with Gasteiger partial charge in [-0.1, -0.05) is 58.7 Å². The number of hydrogen-bond donors (Lipinski definition) is 2. The normalized spacial score (nSPS) is 14.3. The third-order valence-electron chi connectivity index (χ3n) is 6.40. The SMILES string of the molecule is CCOC(=O)c1ccc(NC(=O)C2=C(C)Nc3nc(SCc4c(F)cccc4Cl)nn3[C@H]2c2ccc(Cl)cc2Cl)cc1. The van der Waals surface area contributed by atoms with Crippen LogP contribution in [0.2, 0.25) is 15.1 Å². The van der Waals surface area contributed by atoms with Crippen molar-refractivity contribution in [3.05, 3.63) is 110 Å². The summed E-state index contributed by atoms with van der Waals surface area (Å²) in [7, 11) is 0. The van der Waals surface area contributed by atoms with E-state index in [0.29, 0.717) is 59.8 Å². The maximum atomic E-state index is 14.4. The fourth-order valence-corrected chi connectivity index (χ4v) is 6.09. The molecule has 0 radical (unpaired) electrons. The van der Waals surface area contributed by atoms with Crippen LogP contribution < -0.4 is 10.6 Å². The average molecular weight is 647 g/mol. The van der Waals surface area contributed by atoms with E-state index in [9.17, 15) is 14.0 Å². The molecule has 2 N–H and O–H groups in total. The van der Waals surface area contributed by atoms with Gasteiger partial charge in [0.2, 0.25) is 11.1 Å². The van der Waals surface area contributed by atoms with Crippen molar-refractivity contribution in [2.24, 2.45) is 0 Å². The Kier molecular flexibility index (Phi) is 9.08. The molecule has 13 heteroatoms. The second kappa shape index (κ2) is 12.7. The first-order chi connectivity index (χ1) is 20.2. The zero-order valence-corrected chi connectivity index (χ0v) is 25.3. The Morgan fingerprint density at radius 2 is 1.86 bits per heavy atom. The van der Waals surface area contributed by atoms with E-state index in [-0.39, 0.29) is 12.4 Å². The van der Waals surface area contributed by atoms with Crippen LogP contribution in [0.5, 0.6) is 0 Å². The molecule has 5 rings (SSSR count). The summed E-state index contributed by atoms with van der Waals surface area (Å²) < 4.78 is 20.9. The number of aromatic nitrogens is 3. The molecule has 0 saturated heterocycles. The van der Waals surface area contributed by atoms with E-state index in [4.69, 9.17) is 39.5 Å². The first-order valence-corrected chi connectivity index (χ1v) is 14.8. The molecular weight excluding hydrogens is 624 g/mol. The first kappa shape index (κ1) is 29.9. The van der Waals surface area contributed by atoms with E-state index in [1.807, 2.05) is 0 Å². The fourth-order valence-electron chi connectivity index (χ4n) is 4.41. The first-order valence-electron chi connectivity index (χ1n) is 12.7. The van der Waals surface area contributed by atoms with Gasteiger partial charge in [0, 0.05) is 43.3 Å². The highest BCUT2D eigenvalue weighted by Crippen LogP contribution is 2.40. The Hall–Kier alpha value is -3.57. The minimum atomic E-state index is -0.774. The van der Waals surface area contributed by atoms with Gasteiger partial charge in [-0.2, -0.15) is 4.98 Å². The van der Waals surface area contributed by atoms with Crippen LogP contribution in [0, 0.1) is 5.82 Å². The van der Waals surface area contributed by atoms with Crippen molar-refractivity contribution in [3.8, 4) is 0 Å². The quantitative estimate of drug-likeness (QED) is 0.149. The molecule has 42 heavy (non-hydrogen) atoms. The van der Waals surface area contributed by atoms with Crippen LogP contribution in [0.25, 0.3) is 0 Å². The van der Waals surface area contributed by atoms with Crippen LogP contribution in [0.4, 0.5) is 16.0 Å². The van der Waals surface area contributed by atoms with E-state index in [2.05, 4.69) is 20.7 Å². The highest BCUT2D eigenvalue weighted by Gasteiger charge is 2.35. The van der Waals surface area contributed by atoms with Crippen molar-refractivity contribution in [2.75, 3.05) is 17.2 Å². The highest BCUT2D eigenvalue weighted by atomic mass is 35.5. The standard InChI is InChI=1S/C29H23Cl3FN5O3S/c1-3-41-27(40)16-7-10-18(11-8-16)35-26(39)24-15(2)34-28-36-29(42-14-20-21(31)5-4-6-23(20)33)37-38(28)25(24)19-12-9-17(30)13-22(19)32/h4-13,25H,3,14H2,1-2H3,(H,35,39)(H,34,36,37)/t25-/m0/s1. The summed E-state index contributed by atoms with van der Waals surface area (Å²) in [4.78, 5) is 30.4. The Labute approximate surface area is 260 Å². The molecule has 4 aromatic rings. The van der Waals surface area contributed by atoms with Crippen LogP contribution >= 0.6 is 46.6 Å². The number of halogens is 4. The Bertz CT molecular complexity index is 1690. The molecule has 0 bridgehead atoms. The van der Waals surface area contributed by atoms with Crippen LogP contribution in [0.15, 0.2) is 77.1 Å². The lowest BCUT2D eigenvalue weighted by atomic mass is 9.95. The smallest absolute Gasteiger partial charge is 0.338 e. The van der Waals surface area contributed by atoms with E-state index in [1.54, 1.807) is 73.1 Å². The predicted octanol–water partition coefficient (Wildman–Crippen LogP) is 7.77. The van der Waals surface area contributed by atoms with Crippen molar-refractivity contribution in [1.82, 2.24) is 14.8 Å². The molecule has 0 spiro atoms. The molecule has 0 fully saturated rings. The summed E-state index contributed by atoms with van der Waals surface area (Å²) in [6.45, 7) is 3.73. The largest absolute Gasteiger partial charge is 0.462 e. The summed E-state index contributed by atoms with van der Waals surface area (Å²) >= 11 is 20.2. The number of fused-ring (bicyclic) bond motifs is 1. The maximum Gasteiger partial charge on any atom is 0.338 e. The minimum absolute atomic E-state index is 0.197. The molecule has 1 aliphatic heterocycles. The van der Waals surface area contributed by atoms with Gasteiger partial charge < -0.3 is 15.4 Å². The van der Waals surface area contributed by atoms with Crippen LogP contribution in [-0.2, 0) is 15.3 Å². The summed E-state index contributed by atoms with van der Waals surface area (Å²) in [5.41, 5.74) is 2.61. The van der Waals surface area contributed by atoms with Crippen molar-refractivity contribution >= 4 is 70.1 Å². The van der Waals surface area contributed by atoms with Gasteiger partial charge in [0.25, 0.3) is 5.91 Å². The topological polar surface area (TPSA) is 98.1 Å². The van der Waals surface area contributed by atoms with Crippen molar-refractivity contribution < 1.29 is 18.7 Å². The van der Waals surface area contributed by atoms with Gasteiger partial charge in [0.1, 0.15) is 11.9 Å². The Morgan fingerprint density at radius 3 is 2.55 bits per heavy atom. The maximum absolute atomic E-state index is 14.4. The Morgan fingerprint density at radius 1 is 1.10 bits per heavy atom. The summed E-state index contributed by atoms with van der Waals surface area (Å²) in [6.07, 6.45) is 0. The molecule has 1 amide bonds. The van der Waals surface area contributed by atoms with E-state index in [0.717, 1.165) is 0 Å². The van der Waals surface area contributed by atoms with E-state index in [1.165, 1.54) is 17.8 Å². The van der Waals surface area contributed by atoms with Gasteiger partial charge in [-0.25, -0.2) is 13.9 Å². The molecule has 216 valence electrons. The molecule has 0 aliphatic carbocycles. The van der Waals surface area contributed by atoms with Gasteiger partial charge in [-0.3, -0.25) is 4.79 Å². The molecule has 0 unspecified atom stereocenters. The number of ether oxygens (including phenoxy) is 1. The minimum Gasteiger partial charge on any atom is -0.462 e. The molecule has 0 saturated carbocycles. The van der Waals surface area contributed by atoms with Crippen molar-refractivity contribution in [3.63, 3.8) is 0 Å². The summed E-state index contributed by atoms with van der Waals surface area (Å²) in [5.74, 6) is -0.723. The number of esters is 1. The van der Waals surface area contributed by atoms with E-state index < -0.39 is 23.7 Å². The lowest BCUT2D eigenvalue weighted by Crippen LogP contribution is -2.31. The summed E-state index contributed by atoms with van der Waals surface area (Å²) in [6, 6.07) is 15.1. The fraction of sp³-hybridized carbons (Fsp3) is 0.172. The number of nitrogens with zero attached hydrogens (tertiary/aromatic N) is 3. The number of anilines is 2. The van der Waals surface area contributed by atoms with Gasteiger partial charge in [-0.05, 0) is 62.4 Å². The van der Waals surface area contributed by atoms with Gasteiger partial charge in [0.15, 0.2) is 0 Å². The molecule has 1 aliphatic rings. The van der Waals surface area contributed by atoms with Crippen molar-refractivity contribution in [1.29, 1.82) is 0 Å². The number of nitrogens with one attached hydrogen (secondary N) is 2. The highest BCUT2D eigenvalue weighted by molar-refractivity contribution is 7.98. The second-order valence-corrected chi connectivity index (χ2v) is 11.3. The lowest BCUT2D eigenvalue weighted by Gasteiger charge is -2.29. The molecular formula is C29H23Cl3FN5O3S. The molecule has 1 aromatic heterocycles. The summed E-state index contributed by atoms with van der Waals surface area (Å²) in [5, 5.41) is 12.1.